The predicted molar refractivity (Wildman–Crippen MR) is 198 cm³/mol. The van der Waals surface area contributed by atoms with E-state index >= 15 is 0 Å². The van der Waals surface area contributed by atoms with Crippen LogP contribution >= 0.6 is 23.2 Å². The molecule has 1 heterocycles. The van der Waals surface area contributed by atoms with Crippen molar-refractivity contribution in [2.24, 2.45) is 5.92 Å². The van der Waals surface area contributed by atoms with Gasteiger partial charge in [0.2, 0.25) is 6.10 Å². The molecular weight excluding hydrogens is 861 g/mol. The highest BCUT2D eigenvalue weighted by atomic mass is 35.5. The minimum atomic E-state index is -5.25. The first kappa shape index (κ1) is 45.8. The summed E-state index contributed by atoms with van der Waals surface area (Å²) in [6.07, 6.45) is -5.93. The van der Waals surface area contributed by atoms with Crippen LogP contribution in [-0.4, -0.2) is 32.1 Å². The van der Waals surface area contributed by atoms with E-state index in [0.29, 0.717) is 39.4 Å². The summed E-state index contributed by atoms with van der Waals surface area (Å²) in [6, 6.07) is 26.0. The maximum absolute atomic E-state index is 13.0. The van der Waals surface area contributed by atoms with Crippen LogP contribution in [0.25, 0.3) is 5.69 Å². The molecule has 1 aromatic heterocycles. The largest absolute Gasteiger partial charge is 0.476 e. The Labute approximate surface area is 342 Å². The molecule has 0 radical (unpaired) electrons. The van der Waals surface area contributed by atoms with Crippen molar-refractivity contribution in [2.75, 3.05) is 5.73 Å². The molecule has 0 bridgehead atoms. The highest BCUT2D eigenvalue weighted by molar-refractivity contribution is 7.86. The Morgan fingerprint density at radius 2 is 1.44 bits per heavy atom. The third-order valence-electron chi connectivity index (χ3n) is 7.81. The number of benzene rings is 4. The Morgan fingerprint density at radius 1 is 0.847 bits per heavy atom. The van der Waals surface area contributed by atoms with Crippen LogP contribution in [0.2, 0.25) is 10.0 Å². The lowest BCUT2D eigenvalue weighted by atomic mass is 9.88. The maximum atomic E-state index is 13.0. The number of hydrogen-bond acceptors (Lipinski definition) is 9. The summed E-state index contributed by atoms with van der Waals surface area (Å²) in [5.41, 5.74) is -1.37. The Balaban J connectivity index is 0.000000268. The van der Waals surface area contributed by atoms with Gasteiger partial charge in [0.1, 0.15) is 45.8 Å². The highest BCUT2D eigenvalue weighted by Crippen LogP contribution is 2.40. The number of halogens is 10. The van der Waals surface area contributed by atoms with Gasteiger partial charge in [-0.3, -0.25) is 4.79 Å². The average molecular weight is 889 g/mol. The number of aromatic nitrogens is 2. The fourth-order valence-corrected chi connectivity index (χ4v) is 6.68. The molecule has 5 rings (SSSR count). The number of nitrogens with two attached hydrogens (primary N) is 1. The zero-order valence-electron chi connectivity index (χ0n) is 30.1. The van der Waals surface area contributed by atoms with Gasteiger partial charge in [-0.1, -0.05) is 79.5 Å². The lowest BCUT2D eigenvalue weighted by Crippen LogP contribution is -2.22. The molecule has 0 aliphatic rings. The van der Waals surface area contributed by atoms with Crippen molar-refractivity contribution in [3.05, 3.63) is 123 Å². The van der Waals surface area contributed by atoms with E-state index in [2.05, 4.69) is 9.84 Å². The zero-order chi connectivity index (χ0) is 43.8. The van der Waals surface area contributed by atoms with Gasteiger partial charge in [-0.2, -0.15) is 50.7 Å². The molecule has 0 aliphatic carbocycles. The van der Waals surface area contributed by atoms with Gasteiger partial charge in [0, 0.05) is 5.56 Å². The third kappa shape index (κ3) is 11.6. The number of para-hydroxylation sites is 1. The van der Waals surface area contributed by atoms with Gasteiger partial charge in [0.15, 0.2) is 16.5 Å². The van der Waals surface area contributed by atoms with E-state index in [1.807, 2.05) is 38.1 Å². The van der Waals surface area contributed by atoms with Crippen molar-refractivity contribution in [3.8, 4) is 35.1 Å². The molecule has 59 heavy (non-hydrogen) atoms. The number of nitrogen functional groups attached to an aromatic ring is 1. The van der Waals surface area contributed by atoms with E-state index in [9.17, 15) is 49.4 Å². The molecule has 2 unspecified atom stereocenters. The smallest absolute Gasteiger partial charge is 0.457 e. The quantitative estimate of drug-likeness (QED) is 0.101. The molecule has 0 aliphatic heterocycles. The van der Waals surface area contributed by atoms with E-state index in [-0.39, 0.29) is 11.7 Å². The van der Waals surface area contributed by atoms with Crippen LogP contribution in [-0.2, 0) is 26.5 Å². The molecule has 0 saturated carbocycles. The number of nitriles is 2. The number of ether oxygens (including phenoxy) is 3. The van der Waals surface area contributed by atoms with Crippen LogP contribution in [0.15, 0.2) is 95.9 Å². The number of carbonyl (C=O) groups excluding carboxylic acids is 1. The minimum Gasteiger partial charge on any atom is -0.457 e. The fraction of sp³-hybridized carbons (Fsp3) is 0.211. The van der Waals surface area contributed by atoms with Crippen LogP contribution in [0, 0.1) is 28.6 Å². The van der Waals surface area contributed by atoms with E-state index in [0.717, 1.165) is 0 Å². The highest BCUT2D eigenvalue weighted by Gasteiger charge is 2.43. The van der Waals surface area contributed by atoms with Crippen molar-refractivity contribution in [3.63, 3.8) is 0 Å². The van der Waals surface area contributed by atoms with Gasteiger partial charge < -0.3 is 19.9 Å². The Hall–Kier alpha value is -5.89. The Kier molecular flexibility index (Phi) is 14.9. The summed E-state index contributed by atoms with van der Waals surface area (Å²) in [5, 5.41) is 20.7. The van der Waals surface area contributed by atoms with E-state index in [1.54, 1.807) is 48.5 Å². The van der Waals surface area contributed by atoms with Crippen LogP contribution in [0.4, 0.5) is 40.9 Å². The van der Waals surface area contributed by atoms with Crippen molar-refractivity contribution in [2.45, 2.75) is 49.1 Å². The molecule has 0 fully saturated rings. The lowest BCUT2D eigenvalue weighted by Gasteiger charge is -2.22. The van der Waals surface area contributed by atoms with Gasteiger partial charge in [-0.15, -0.1) is 0 Å². The number of rotatable bonds is 11. The molecule has 21 heteroatoms. The number of esters is 1. The molecule has 5 aromatic rings. The van der Waals surface area contributed by atoms with Gasteiger partial charge in [-0.25, -0.2) is 8.89 Å². The van der Waals surface area contributed by atoms with Gasteiger partial charge in [0.25, 0.3) is 0 Å². The van der Waals surface area contributed by atoms with E-state index in [1.165, 1.54) is 18.2 Å². The number of hydrogen-bond donors (Lipinski definition) is 1. The molecule has 4 aromatic carbocycles. The van der Waals surface area contributed by atoms with E-state index in [4.69, 9.17) is 43.7 Å². The zero-order valence-corrected chi connectivity index (χ0v) is 32.4. The Bertz CT molecular complexity index is 2360. The first-order valence-corrected chi connectivity index (χ1v) is 18.4. The number of alkyl halides is 8. The van der Waals surface area contributed by atoms with E-state index < -0.39 is 84.8 Å². The molecule has 0 saturated heterocycles. The number of nitrogens with zero attached hydrogens (tertiary/aromatic N) is 4. The lowest BCUT2D eigenvalue weighted by molar-refractivity contribution is -0.150. The van der Waals surface area contributed by atoms with Crippen LogP contribution in [0.1, 0.15) is 48.3 Å². The van der Waals surface area contributed by atoms with Crippen molar-refractivity contribution >= 4 is 45.8 Å². The standard InChI is InChI=1S/C26H23F2NO4.C12H4Cl2F6N4OS/c1-17(2)24(18-11-13-21(14-12-18)32-26(27)28)25(30)33-23(16-29)19-7-6-10-22(15-19)31-20-8-4-3-5-9-20;13-5-1-4(11(15,16)17)2-6(14)8(5)24-10(22)9(7(3-21)23-24)26(25)12(18,19)20/h3-15,17,23-24,26H,1-2H3;1-2H,22H2/t23?,24-;/m0./s1. The van der Waals surface area contributed by atoms with Crippen LogP contribution in [0.3, 0.4) is 0 Å². The molecule has 0 amide bonds. The van der Waals surface area contributed by atoms with Crippen LogP contribution in [0.5, 0.6) is 17.2 Å². The van der Waals surface area contributed by atoms with Crippen LogP contribution < -0.4 is 15.2 Å². The molecule has 3 atom stereocenters. The minimum absolute atomic E-state index is 0.00486. The normalized spacial score (nSPS) is 13.0. The second-order valence-electron chi connectivity index (χ2n) is 12.2. The number of carbonyl (C=O) groups is 1. The summed E-state index contributed by atoms with van der Waals surface area (Å²) < 4.78 is 129. The van der Waals surface area contributed by atoms with Crippen molar-refractivity contribution < 1.29 is 58.3 Å². The maximum Gasteiger partial charge on any atom is 0.476 e. The molecule has 10 nitrogen and oxygen atoms in total. The summed E-state index contributed by atoms with van der Waals surface area (Å²) in [4.78, 5) is 11.9. The average Bonchev–Trinajstić information content (AvgIpc) is 3.48. The second-order valence-corrected chi connectivity index (χ2v) is 14.4. The van der Waals surface area contributed by atoms with Gasteiger partial charge in [0.05, 0.1) is 21.5 Å². The van der Waals surface area contributed by atoms with Crippen molar-refractivity contribution in [1.82, 2.24) is 9.78 Å². The monoisotopic (exact) mass is 887 g/mol. The summed E-state index contributed by atoms with van der Waals surface area (Å²) >= 11 is 11.5. The summed E-state index contributed by atoms with van der Waals surface area (Å²) in [5.74, 6) is -1.20. The first-order valence-electron chi connectivity index (χ1n) is 16.5. The molecule has 0 spiro atoms. The topological polar surface area (TPSA) is 153 Å². The van der Waals surface area contributed by atoms with Gasteiger partial charge >= 0.3 is 24.3 Å². The number of anilines is 1. The second kappa shape index (κ2) is 19.2. The van der Waals surface area contributed by atoms with Crippen molar-refractivity contribution in [1.29, 1.82) is 10.5 Å². The third-order valence-corrected chi connectivity index (χ3v) is 9.58. The first-order chi connectivity index (χ1) is 27.7. The fourth-order valence-electron chi connectivity index (χ4n) is 5.26. The predicted octanol–water partition coefficient (Wildman–Crippen LogP) is 10.9. The molecular formula is C38H27Cl2F8N5O5S. The SMILES string of the molecule is CC(C)[C@H](C(=O)OC(C#N)c1cccc(Oc2ccccc2)c1)c1ccc(OC(F)F)cc1.N#Cc1nn(-c2c(Cl)cc(C(F)(F)F)cc2Cl)c(N)c1S(=O)C(F)(F)F. The summed E-state index contributed by atoms with van der Waals surface area (Å²) in [6.45, 7) is 0.746. The van der Waals surface area contributed by atoms with Gasteiger partial charge in [-0.05, 0) is 60.0 Å². The summed E-state index contributed by atoms with van der Waals surface area (Å²) in [7, 11) is -3.71. The Morgan fingerprint density at radius 3 is 1.95 bits per heavy atom. The molecule has 310 valence electrons. The molecule has 2 N–H and O–H groups in total.